The lowest BCUT2D eigenvalue weighted by atomic mass is 9.96. The first-order valence-electron chi connectivity index (χ1n) is 5.96. The SMILES string of the molecule is CC(O)(CNc1c(F)cccc1Cl)c1ccccc1. The van der Waals surface area contributed by atoms with Crippen molar-refractivity contribution >= 4 is 17.3 Å². The third kappa shape index (κ3) is 3.25. The van der Waals surface area contributed by atoms with Crippen LogP contribution in [-0.2, 0) is 5.60 Å². The van der Waals surface area contributed by atoms with Gasteiger partial charge in [0, 0.05) is 6.54 Å². The summed E-state index contributed by atoms with van der Waals surface area (Å²) in [6, 6.07) is 13.7. The quantitative estimate of drug-likeness (QED) is 0.892. The standard InChI is InChI=1S/C15H15ClFNO/c1-15(19,11-6-3-2-4-7-11)10-18-14-12(16)8-5-9-13(14)17/h2-9,18-19H,10H2,1H3. The van der Waals surface area contributed by atoms with Crippen LogP contribution in [0.3, 0.4) is 0 Å². The van der Waals surface area contributed by atoms with Crippen LogP contribution < -0.4 is 5.32 Å². The van der Waals surface area contributed by atoms with E-state index in [0.29, 0.717) is 5.02 Å². The van der Waals surface area contributed by atoms with E-state index in [2.05, 4.69) is 5.32 Å². The topological polar surface area (TPSA) is 32.3 Å². The molecule has 4 heteroatoms. The van der Waals surface area contributed by atoms with Gasteiger partial charge >= 0.3 is 0 Å². The van der Waals surface area contributed by atoms with E-state index >= 15 is 0 Å². The van der Waals surface area contributed by atoms with Gasteiger partial charge in [-0.1, -0.05) is 48.0 Å². The lowest BCUT2D eigenvalue weighted by Crippen LogP contribution is -2.31. The minimum absolute atomic E-state index is 0.164. The highest BCUT2D eigenvalue weighted by molar-refractivity contribution is 6.33. The Morgan fingerprint density at radius 2 is 1.84 bits per heavy atom. The molecule has 0 bridgehead atoms. The molecule has 0 aliphatic rings. The highest BCUT2D eigenvalue weighted by atomic mass is 35.5. The molecule has 0 amide bonds. The van der Waals surface area contributed by atoms with E-state index in [1.165, 1.54) is 12.1 Å². The van der Waals surface area contributed by atoms with Crippen LogP contribution in [0.15, 0.2) is 48.5 Å². The molecule has 2 nitrogen and oxygen atoms in total. The summed E-state index contributed by atoms with van der Waals surface area (Å²) in [5.74, 6) is -0.434. The Morgan fingerprint density at radius 3 is 2.47 bits per heavy atom. The number of hydrogen-bond donors (Lipinski definition) is 2. The second-order valence-corrected chi connectivity index (χ2v) is 5.00. The first kappa shape index (κ1) is 13.8. The van der Waals surface area contributed by atoms with E-state index in [-0.39, 0.29) is 12.2 Å². The summed E-state index contributed by atoms with van der Waals surface area (Å²) in [5, 5.41) is 13.6. The van der Waals surface area contributed by atoms with Crippen molar-refractivity contribution in [3.8, 4) is 0 Å². The third-order valence-corrected chi connectivity index (χ3v) is 3.28. The van der Waals surface area contributed by atoms with Crippen LogP contribution in [0.1, 0.15) is 12.5 Å². The van der Waals surface area contributed by atoms with Gasteiger partial charge in [-0.05, 0) is 24.6 Å². The Balaban J connectivity index is 2.14. The van der Waals surface area contributed by atoms with Crippen LogP contribution in [0.25, 0.3) is 0 Å². The Morgan fingerprint density at radius 1 is 1.16 bits per heavy atom. The molecule has 0 fully saturated rings. The van der Waals surface area contributed by atoms with Gasteiger partial charge in [-0.3, -0.25) is 0 Å². The van der Waals surface area contributed by atoms with Crippen LogP contribution in [0, 0.1) is 5.82 Å². The zero-order chi connectivity index (χ0) is 13.9. The predicted octanol–water partition coefficient (Wildman–Crippen LogP) is 3.80. The second kappa shape index (κ2) is 5.59. The number of hydrogen-bond acceptors (Lipinski definition) is 2. The molecule has 0 saturated carbocycles. The summed E-state index contributed by atoms with van der Waals surface area (Å²) in [4.78, 5) is 0. The fourth-order valence-corrected chi connectivity index (χ4v) is 2.06. The molecule has 0 heterocycles. The highest BCUT2D eigenvalue weighted by Gasteiger charge is 2.23. The zero-order valence-corrected chi connectivity index (χ0v) is 11.3. The van der Waals surface area contributed by atoms with Gasteiger partial charge in [0.15, 0.2) is 0 Å². The van der Waals surface area contributed by atoms with E-state index in [1.807, 2.05) is 30.3 Å². The monoisotopic (exact) mass is 279 g/mol. The fraction of sp³-hybridized carbons (Fsp3) is 0.200. The van der Waals surface area contributed by atoms with Crippen molar-refractivity contribution in [1.29, 1.82) is 0 Å². The first-order valence-corrected chi connectivity index (χ1v) is 6.34. The molecule has 1 unspecified atom stereocenters. The molecular formula is C15H15ClFNO. The molecule has 0 aliphatic carbocycles. The van der Waals surface area contributed by atoms with E-state index in [0.717, 1.165) is 5.56 Å². The van der Waals surface area contributed by atoms with Crippen molar-refractivity contribution in [1.82, 2.24) is 0 Å². The number of nitrogens with one attached hydrogen (secondary N) is 1. The molecule has 2 aromatic carbocycles. The van der Waals surface area contributed by atoms with Gasteiger partial charge in [0.05, 0.1) is 10.7 Å². The average molecular weight is 280 g/mol. The maximum absolute atomic E-state index is 13.6. The van der Waals surface area contributed by atoms with Crippen LogP contribution in [0.4, 0.5) is 10.1 Å². The van der Waals surface area contributed by atoms with E-state index in [1.54, 1.807) is 13.0 Å². The fourth-order valence-electron chi connectivity index (χ4n) is 1.83. The van der Waals surface area contributed by atoms with Crippen molar-refractivity contribution in [2.45, 2.75) is 12.5 Å². The van der Waals surface area contributed by atoms with Crippen LogP contribution >= 0.6 is 11.6 Å². The largest absolute Gasteiger partial charge is 0.384 e. The Hall–Kier alpha value is -1.58. The van der Waals surface area contributed by atoms with Gasteiger partial charge in [0.2, 0.25) is 0 Å². The van der Waals surface area contributed by atoms with Gasteiger partial charge < -0.3 is 10.4 Å². The Labute approximate surface area is 116 Å². The van der Waals surface area contributed by atoms with E-state index in [4.69, 9.17) is 11.6 Å². The molecule has 100 valence electrons. The summed E-state index contributed by atoms with van der Waals surface area (Å²) in [6.07, 6.45) is 0. The van der Waals surface area contributed by atoms with E-state index in [9.17, 15) is 9.50 Å². The summed E-state index contributed by atoms with van der Waals surface area (Å²) in [7, 11) is 0. The van der Waals surface area contributed by atoms with Gasteiger partial charge in [-0.15, -0.1) is 0 Å². The smallest absolute Gasteiger partial charge is 0.147 e. The maximum atomic E-state index is 13.6. The van der Waals surface area contributed by atoms with Gasteiger partial charge in [-0.2, -0.15) is 0 Å². The van der Waals surface area contributed by atoms with Gasteiger partial charge in [0.25, 0.3) is 0 Å². The van der Waals surface area contributed by atoms with Crippen molar-refractivity contribution in [2.75, 3.05) is 11.9 Å². The van der Waals surface area contributed by atoms with Gasteiger partial charge in [0.1, 0.15) is 11.4 Å². The average Bonchev–Trinajstić information content (AvgIpc) is 2.39. The molecule has 19 heavy (non-hydrogen) atoms. The number of halogens is 2. The minimum atomic E-state index is -1.10. The number of aliphatic hydroxyl groups is 1. The summed E-state index contributed by atoms with van der Waals surface area (Å²) < 4.78 is 13.6. The highest BCUT2D eigenvalue weighted by Crippen LogP contribution is 2.27. The van der Waals surface area contributed by atoms with Crippen LogP contribution in [0.5, 0.6) is 0 Å². The Kier molecular flexibility index (Phi) is 4.08. The molecule has 0 saturated heterocycles. The zero-order valence-electron chi connectivity index (χ0n) is 10.5. The molecule has 1 atom stereocenters. The number of anilines is 1. The van der Waals surface area contributed by atoms with Crippen molar-refractivity contribution < 1.29 is 9.50 Å². The summed E-state index contributed by atoms with van der Waals surface area (Å²) in [5.41, 5.74) is -0.136. The van der Waals surface area contributed by atoms with Crippen LogP contribution in [0.2, 0.25) is 5.02 Å². The van der Waals surface area contributed by atoms with Crippen molar-refractivity contribution in [2.24, 2.45) is 0 Å². The van der Waals surface area contributed by atoms with Crippen LogP contribution in [-0.4, -0.2) is 11.7 Å². The number of benzene rings is 2. The predicted molar refractivity (Wildman–Crippen MR) is 75.9 cm³/mol. The molecular weight excluding hydrogens is 265 g/mol. The van der Waals surface area contributed by atoms with Crippen molar-refractivity contribution in [3.05, 3.63) is 64.9 Å². The summed E-state index contributed by atoms with van der Waals surface area (Å²) in [6.45, 7) is 1.84. The minimum Gasteiger partial charge on any atom is -0.384 e. The molecule has 2 rings (SSSR count). The summed E-state index contributed by atoms with van der Waals surface area (Å²) >= 11 is 5.92. The lowest BCUT2D eigenvalue weighted by Gasteiger charge is -2.25. The number of para-hydroxylation sites is 1. The lowest BCUT2D eigenvalue weighted by molar-refractivity contribution is 0.0715. The Bertz CT molecular complexity index is 537. The maximum Gasteiger partial charge on any atom is 0.147 e. The molecule has 2 aromatic rings. The molecule has 0 radical (unpaired) electrons. The first-order chi connectivity index (χ1) is 9.00. The molecule has 0 aromatic heterocycles. The molecule has 0 spiro atoms. The molecule has 0 aliphatic heterocycles. The third-order valence-electron chi connectivity index (χ3n) is 2.97. The normalized spacial score (nSPS) is 13.9. The number of rotatable bonds is 4. The van der Waals surface area contributed by atoms with E-state index < -0.39 is 11.4 Å². The van der Waals surface area contributed by atoms with Gasteiger partial charge in [-0.25, -0.2) is 4.39 Å². The molecule has 2 N–H and O–H groups in total. The van der Waals surface area contributed by atoms with Crippen molar-refractivity contribution in [3.63, 3.8) is 0 Å². The second-order valence-electron chi connectivity index (χ2n) is 4.59.